The van der Waals surface area contributed by atoms with Crippen molar-refractivity contribution in [3.8, 4) is 0 Å². The lowest BCUT2D eigenvalue weighted by molar-refractivity contribution is 0.0909. The zero-order chi connectivity index (χ0) is 20.9. The Morgan fingerprint density at radius 3 is 2.39 bits per heavy atom. The second kappa shape index (κ2) is 6.86. The van der Waals surface area contributed by atoms with Crippen molar-refractivity contribution in [2.24, 2.45) is 10.6 Å². The lowest BCUT2D eigenvalue weighted by Gasteiger charge is -2.28. The van der Waals surface area contributed by atoms with Crippen molar-refractivity contribution in [3.05, 3.63) is 52.3 Å². The molecule has 8 heteroatoms. The van der Waals surface area contributed by atoms with E-state index >= 15 is 0 Å². The molecule has 2 aromatic rings. The van der Waals surface area contributed by atoms with Crippen molar-refractivity contribution in [2.75, 3.05) is 0 Å². The number of aromatic amines is 1. The standard InChI is InChI=1S/C20H25N3O4S/c1-11-17-15(9-20(3,4)10-16(17)24)23-18(11)19(25)22-12(2)13-5-7-14(8-6-13)28(21,26)27/h5-8,12,23H,9-10H2,1-4H3,(H,22,25)(H2,21,26,27). The number of benzene rings is 1. The third-order valence-electron chi connectivity index (χ3n) is 5.18. The van der Waals surface area contributed by atoms with Crippen LogP contribution in [0.5, 0.6) is 0 Å². The van der Waals surface area contributed by atoms with Crippen molar-refractivity contribution < 1.29 is 18.0 Å². The van der Waals surface area contributed by atoms with Gasteiger partial charge in [-0.05, 0) is 48.9 Å². The monoisotopic (exact) mass is 403 g/mol. The summed E-state index contributed by atoms with van der Waals surface area (Å²) in [6, 6.07) is 5.69. The van der Waals surface area contributed by atoms with E-state index in [0.29, 0.717) is 29.7 Å². The first-order chi connectivity index (χ1) is 12.9. The summed E-state index contributed by atoms with van der Waals surface area (Å²) in [5.41, 5.74) is 3.12. The van der Waals surface area contributed by atoms with Crippen LogP contribution in [0.15, 0.2) is 29.2 Å². The quantitative estimate of drug-likeness (QED) is 0.726. The van der Waals surface area contributed by atoms with Crippen LogP contribution in [0, 0.1) is 12.3 Å². The maximum atomic E-state index is 12.8. The highest BCUT2D eigenvalue weighted by atomic mass is 32.2. The van der Waals surface area contributed by atoms with Crippen LogP contribution in [-0.4, -0.2) is 25.1 Å². The van der Waals surface area contributed by atoms with Gasteiger partial charge in [0, 0.05) is 17.7 Å². The summed E-state index contributed by atoms with van der Waals surface area (Å²) in [5.74, 6) is -0.244. The number of carbonyl (C=O) groups excluding carboxylic acids is 2. The molecule has 1 aliphatic rings. The fourth-order valence-corrected chi connectivity index (χ4v) is 4.27. The Bertz CT molecular complexity index is 1050. The first kappa shape index (κ1) is 20.3. The summed E-state index contributed by atoms with van der Waals surface area (Å²) < 4.78 is 22.7. The average molecular weight is 404 g/mol. The summed E-state index contributed by atoms with van der Waals surface area (Å²) in [7, 11) is -3.76. The van der Waals surface area contributed by atoms with Crippen LogP contribution in [-0.2, 0) is 16.4 Å². The third kappa shape index (κ3) is 3.88. The molecule has 7 nitrogen and oxygen atoms in total. The third-order valence-corrected chi connectivity index (χ3v) is 6.11. The lowest BCUT2D eigenvalue weighted by atomic mass is 9.75. The molecule has 0 fully saturated rings. The highest BCUT2D eigenvalue weighted by Crippen LogP contribution is 2.36. The SMILES string of the molecule is Cc1c(C(=O)NC(C)c2ccc(S(N)(=O)=O)cc2)[nH]c2c1C(=O)CC(C)(C)C2. The molecule has 3 rings (SSSR count). The minimum absolute atomic E-state index is 0.0174. The van der Waals surface area contributed by atoms with Crippen LogP contribution in [0.4, 0.5) is 0 Å². The van der Waals surface area contributed by atoms with Gasteiger partial charge in [0.05, 0.1) is 10.9 Å². The first-order valence-electron chi connectivity index (χ1n) is 9.07. The van der Waals surface area contributed by atoms with Crippen LogP contribution < -0.4 is 10.5 Å². The second-order valence-electron chi connectivity index (χ2n) is 8.23. The van der Waals surface area contributed by atoms with Crippen LogP contribution in [0.25, 0.3) is 0 Å². The number of sulfonamides is 1. The normalized spacial score (nSPS) is 17.1. The van der Waals surface area contributed by atoms with Crippen LogP contribution >= 0.6 is 0 Å². The number of Topliss-reactive ketones (excluding diaryl/α,β-unsaturated/α-hetero) is 1. The Morgan fingerprint density at radius 1 is 1.21 bits per heavy atom. The molecule has 1 atom stereocenters. The second-order valence-corrected chi connectivity index (χ2v) is 9.79. The van der Waals surface area contributed by atoms with Crippen molar-refractivity contribution in [1.29, 1.82) is 0 Å². The smallest absolute Gasteiger partial charge is 0.268 e. The number of fused-ring (bicyclic) bond motifs is 1. The van der Waals surface area contributed by atoms with Gasteiger partial charge in [-0.3, -0.25) is 9.59 Å². The Kier molecular flexibility index (Phi) is 4.97. The topological polar surface area (TPSA) is 122 Å². The molecule has 1 aliphatic carbocycles. The molecule has 0 bridgehead atoms. The maximum Gasteiger partial charge on any atom is 0.268 e. The molecule has 0 spiro atoms. The van der Waals surface area contributed by atoms with Gasteiger partial charge in [-0.25, -0.2) is 13.6 Å². The maximum absolute atomic E-state index is 12.8. The number of H-pyrrole nitrogens is 1. The van der Waals surface area contributed by atoms with E-state index in [1.54, 1.807) is 26.0 Å². The first-order valence-corrected chi connectivity index (χ1v) is 10.6. The number of nitrogens with two attached hydrogens (primary N) is 1. The van der Waals surface area contributed by atoms with Gasteiger partial charge in [-0.15, -0.1) is 0 Å². The summed E-state index contributed by atoms with van der Waals surface area (Å²) in [4.78, 5) is 28.5. The van der Waals surface area contributed by atoms with Gasteiger partial charge in [0.2, 0.25) is 10.0 Å². The van der Waals surface area contributed by atoms with Crippen molar-refractivity contribution in [1.82, 2.24) is 10.3 Å². The number of hydrogen-bond acceptors (Lipinski definition) is 4. The number of ketones is 1. The van der Waals surface area contributed by atoms with Crippen molar-refractivity contribution in [2.45, 2.75) is 51.5 Å². The Hall–Kier alpha value is -2.45. The molecule has 1 amide bonds. The van der Waals surface area contributed by atoms with Gasteiger partial charge in [0.15, 0.2) is 5.78 Å². The number of nitrogens with one attached hydrogen (secondary N) is 2. The van der Waals surface area contributed by atoms with E-state index in [1.807, 2.05) is 13.8 Å². The molecule has 1 unspecified atom stereocenters. The van der Waals surface area contributed by atoms with E-state index < -0.39 is 10.0 Å². The molecular weight excluding hydrogens is 378 g/mol. The molecule has 28 heavy (non-hydrogen) atoms. The van der Waals surface area contributed by atoms with Crippen LogP contribution in [0.3, 0.4) is 0 Å². The summed E-state index contributed by atoms with van der Waals surface area (Å²) >= 11 is 0. The van der Waals surface area contributed by atoms with E-state index in [0.717, 1.165) is 11.3 Å². The van der Waals surface area contributed by atoms with Gasteiger partial charge < -0.3 is 10.3 Å². The predicted molar refractivity (Wildman–Crippen MR) is 106 cm³/mol. The Morgan fingerprint density at radius 2 is 1.82 bits per heavy atom. The van der Waals surface area contributed by atoms with Crippen molar-refractivity contribution in [3.63, 3.8) is 0 Å². The fourth-order valence-electron chi connectivity index (χ4n) is 3.76. The van der Waals surface area contributed by atoms with E-state index in [9.17, 15) is 18.0 Å². The van der Waals surface area contributed by atoms with Gasteiger partial charge in [0.25, 0.3) is 5.91 Å². The number of hydrogen-bond donors (Lipinski definition) is 3. The summed E-state index contributed by atoms with van der Waals surface area (Å²) in [6.07, 6.45) is 1.18. The van der Waals surface area contributed by atoms with Crippen molar-refractivity contribution >= 4 is 21.7 Å². The van der Waals surface area contributed by atoms with Crippen LogP contribution in [0.2, 0.25) is 0 Å². The number of amides is 1. The number of aromatic nitrogens is 1. The minimum atomic E-state index is -3.76. The Balaban J connectivity index is 1.81. The van der Waals surface area contributed by atoms with E-state index in [-0.39, 0.29) is 28.0 Å². The van der Waals surface area contributed by atoms with Gasteiger partial charge >= 0.3 is 0 Å². The highest BCUT2D eigenvalue weighted by Gasteiger charge is 2.35. The molecular formula is C20H25N3O4S. The van der Waals surface area contributed by atoms with Gasteiger partial charge in [-0.1, -0.05) is 26.0 Å². The predicted octanol–water partition coefficient (Wildman–Crippen LogP) is 2.62. The molecule has 1 aromatic heterocycles. The molecule has 0 aliphatic heterocycles. The number of carbonyl (C=O) groups is 2. The lowest BCUT2D eigenvalue weighted by Crippen LogP contribution is -2.27. The zero-order valence-electron chi connectivity index (χ0n) is 16.4. The van der Waals surface area contributed by atoms with Crippen LogP contribution in [0.1, 0.15) is 70.9 Å². The number of rotatable bonds is 4. The Labute approximate surface area is 164 Å². The molecule has 150 valence electrons. The molecule has 0 saturated carbocycles. The minimum Gasteiger partial charge on any atom is -0.354 e. The summed E-state index contributed by atoms with van der Waals surface area (Å²) in [5, 5.41) is 8.00. The van der Waals surface area contributed by atoms with Gasteiger partial charge in [0.1, 0.15) is 5.69 Å². The van der Waals surface area contributed by atoms with Gasteiger partial charge in [-0.2, -0.15) is 0 Å². The molecule has 1 heterocycles. The average Bonchev–Trinajstić information content (AvgIpc) is 2.89. The summed E-state index contributed by atoms with van der Waals surface area (Å²) in [6.45, 7) is 7.66. The fraction of sp³-hybridized carbons (Fsp3) is 0.400. The largest absolute Gasteiger partial charge is 0.354 e. The molecule has 4 N–H and O–H groups in total. The highest BCUT2D eigenvalue weighted by molar-refractivity contribution is 7.89. The molecule has 1 aromatic carbocycles. The molecule has 0 radical (unpaired) electrons. The van der Waals surface area contributed by atoms with E-state index in [2.05, 4.69) is 10.3 Å². The molecule has 0 saturated heterocycles. The van der Waals surface area contributed by atoms with E-state index in [4.69, 9.17) is 5.14 Å². The zero-order valence-corrected chi connectivity index (χ0v) is 17.2. The van der Waals surface area contributed by atoms with E-state index in [1.165, 1.54) is 12.1 Å². The number of primary sulfonamides is 1.